The number of thiocarbonyl (C=S) groups is 1. The summed E-state index contributed by atoms with van der Waals surface area (Å²) in [6.07, 6.45) is 0. The van der Waals surface area contributed by atoms with E-state index in [1.807, 2.05) is 0 Å². The van der Waals surface area contributed by atoms with Crippen LogP contribution in [-0.2, 0) is 0 Å². The molecule has 6 heteroatoms. The number of rotatable bonds is 3. The van der Waals surface area contributed by atoms with Crippen molar-refractivity contribution in [3.05, 3.63) is 58.9 Å². The zero-order valence-corrected chi connectivity index (χ0v) is 12.7. The molecule has 0 atom stereocenters. The van der Waals surface area contributed by atoms with Gasteiger partial charge < -0.3 is 10.6 Å². The van der Waals surface area contributed by atoms with E-state index in [0.717, 1.165) is 0 Å². The Bertz CT molecular complexity index is 706. The van der Waals surface area contributed by atoms with Crippen LogP contribution in [0.4, 0.5) is 15.8 Å². The van der Waals surface area contributed by atoms with Crippen LogP contribution in [0.25, 0.3) is 0 Å². The minimum Gasteiger partial charge on any atom is -0.332 e. The molecule has 0 aliphatic rings. The molecule has 0 spiro atoms. The third-order valence-corrected chi connectivity index (χ3v) is 3.22. The van der Waals surface area contributed by atoms with Gasteiger partial charge >= 0.3 is 0 Å². The molecule has 2 aromatic rings. The molecule has 2 aromatic carbocycles. The Hall–Kier alpha value is -1.98. The Morgan fingerprint density at radius 2 is 1.90 bits per heavy atom. The zero-order valence-electron chi connectivity index (χ0n) is 11.1. The molecule has 0 heterocycles. The molecule has 0 unspecified atom stereocenters. The first-order valence-electron chi connectivity index (χ1n) is 6.10. The van der Waals surface area contributed by atoms with E-state index >= 15 is 0 Å². The molecule has 108 valence electrons. The van der Waals surface area contributed by atoms with Gasteiger partial charge in [-0.1, -0.05) is 29.8 Å². The Balaban J connectivity index is 2.10. The van der Waals surface area contributed by atoms with Gasteiger partial charge in [0.15, 0.2) is 16.7 Å². The molecule has 0 aromatic heterocycles. The summed E-state index contributed by atoms with van der Waals surface area (Å²) in [5.74, 6) is -0.612. The first-order chi connectivity index (χ1) is 9.97. The van der Waals surface area contributed by atoms with Crippen molar-refractivity contribution in [3.63, 3.8) is 0 Å². The maximum Gasteiger partial charge on any atom is 0.175 e. The quantitative estimate of drug-likeness (QED) is 0.645. The fraction of sp³-hybridized carbons (Fsp3) is 0.0667. The number of ketones is 1. The SMILES string of the molecule is CC(=O)c1cccc(NC(=S)Nc2cccc(Cl)c2F)c1. The lowest BCUT2D eigenvalue weighted by Crippen LogP contribution is -2.20. The average molecular weight is 323 g/mol. The van der Waals surface area contributed by atoms with Gasteiger partial charge in [-0.05, 0) is 43.4 Å². The molecular formula is C15H12ClFN2OS. The molecular weight excluding hydrogens is 311 g/mol. The van der Waals surface area contributed by atoms with Crippen molar-refractivity contribution < 1.29 is 9.18 Å². The van der Waals surface area contributed by atoms with E-state index in [4.69, 9.17) is 23.8 Å². The average Bonchev–Trinajstić information content (AvgIpc) is 2.44. The molecule has 2 rings (SSSR count). The van der Waals surface area contributed by atoms with Crippen LogP contribution in [0.1, 0.15) is 17.3 Å². The number of nitrogens with one attached hydrogen (secondary N) is 2. The minimum absolute atomic E-state index is 0.0152. The van der Waals surface area contributed by atoms with Crippen molar-refractivity contribution in [2.24, 2.45) is 0 Å². The number of anilines is 2. The second-order valence-corrected chi connectivity index (χ2v) is 5.13. The molecule has 0 saturated carbocycles. The number of benzene rings is 2. The lowest BCUT2D eigenvalue weighted by atomic mass is 10.1. The van der Waals surface area contributed by atoms with Crippen molar-refractivity contribution in [2.75, 3.05) is 10.6 Å². The molecule has 0 aliphatic heterocycles. The van der Waals surface area contributed by atoms with Crippen LogP contribution in [-0.4, -0.2) is 10.9 Å². The Labute approximate surface area is 132 Å². The lowest BCUT2D eigenvalue weighted by Gasteiger charge is -2.12. The summed E-state index contributed by atoms with van der Waals surface area (Å²) >= 11 is 10.8. The highest BCUT2D eigenvalue weighted by molar-refractivity contribution is 7.80. The fourth-order valence-electron chi connectivity index (χ4n) is 1.70. The number of halogens is 2. The molecule has 3 nitrogen and oxygen atoms in total. The van der Waals surface area contributed by atoms with E-state index in [9.17, 15) is 9.18 Å². The zero-order chi connectivity index (χ0) is 15.4. The summed E-state index contributed by atoms with van der Waals surface area (Å²) in [5, 5.41) is 5.84. The Morgan fingerprint density at radius 3 is 2.62 bits per heavy atom. The lowest BCUT2D eigenvalue weighted by molar-refractivity contribution is 0.101. The van der Waals surface area contributed by atoms with Gasteiger partial charge in [0.05, 0.1) is 10.7 Å². The summed E-state index contributed by atoms with van der Waals surface area (Å²) in [6.45, 7) is 1.48. The molecule has 0 aliphatic carbocycles. The monoisotopic (exact) mass is 322 g/mol. The topological polar surface area (TPSA) is 41.1 Å². The second-order valence-electron chi connectivity index (χ2n) is 4.32. The van der Waals surface area contributed by atoms with Gasteiger partial charge in [0.25, 0.3) is 0 Å². The molecule has 0 fully saturated rings. The predicted octanol–water partition coefficient (Wildman–Crippen LogP) is 4.49. The van der Waals surface area contributed by atoms with Crippen molar-refractivity contribution in [1.82, 2.24) is 0 Å². The van der Waals surface area contributed by atoms with Gasteiger partial charge in [-0.15, -0.1) is 0 Å². The highest BCUT2D eigenvalue weighted by Gasteiger charge is 2.08. The van der Waals surface area contributed by atoms with Crippen molar-refractivity contribution >= 4 is 46.1 Å². The summed E-state index contributed by atoms with van der Waals surface area (Å²) in [6, 6.07) is 11.5. The van der Waals surface area contributed by atoms with E-state index in [1.54, 1.807) is 30.3 Å². The van der Waals surface area contributed by atoms with E-state index < -0.39 is 5.82 Å². The van der Waals surface area contributed by atoms with Crippen LogP contribution >= 0.6 is 23.8 Å². The maximum atomic E-state index is 13.7. The van der Waals surface area contributed by atoms with Gasteiger partial charge in [0.1, 0.15) is 0 Å². The summed E-state index contributed by atoms with van der Waals surface area (Å²) in [5.41, 5.74) is 1.39. The summed E-state index contributed by atoms with van der Waals surface area (Å²) in [7, 11) is 0. The summed E-state index contributed by atoms with van der Waals surface area (Å²) in [4.78, 5) is 11.3. The third-order valence-electron chi connectivity index (χ3n) is 2.73. The second kappa shape index (κ2) is 6.65. The predicted molar refractivity (Wildman–Crippen MR) is 87.7 cm³/mol. The molecule has 21 heavy (non-hydrogen) atoms. The number of hydrogen-bond acceptors (Lipinski definition) is 2. The molecule has 0 radical (unpaired) electrons. The minimum atomic E-state index is -0.569. The van der Waals surface area contributed by atoms with Crippen molar-refractivity contribution in [1.29, 1.82) is 0 Å². The molecule has 2 N–H and O–H groups in total. The number of Topliss-reactive ketones (excluding diaryl/α,β-unsaturated/α-hetero) is 1. The molecule has 0 bridgehead atoms. The van der Waals surface area contributed by atoms with Gasteiger partial charge in [0.2, 0.25) is 0 Å². The molecule has 0 saturated heterocycles. The highest BCUT2D eigenvalue weighted by Crippen LogP contribution is 2.22. The largest absolute Gasteiger partial charge is 0.332 e. The first kappa shape index (κ1) is 15.4. The standard InChI is InChI=1S/C15H12ClFN2OS/c1-9(20)10-4-2-5-11(8-10)18-15(21)19-13-7-3-6-12(16)14(13)17/h2-8H,1H3,(H2,18,19,21). The number of carbonyl (C=O) groups is 1. The van der Waals surface area contributed by atoms with Crippen molar-refractivity contribution in [3.8, 4) is 0 Å². The fourth-order valence-corrected chi connectivity index (χ4v) is 2.10. The van der Waals surface area contributed by atoms with Crippen LogP contribution in [0, 0.1) is 5.82 Å². The van der Waals surface area contributed by atoms with E-state index in [1.165, 1.54) is 19.1 Å². The smallest absolute Gasteiger partial charge is 0.175 e. The van der Waals surface area contributed by atoms with Crippen molar-refractivity contribution in [2.45, 2.75) is 6.92 Å². The van der Waals surface area contributed by atoms with Crippen LogP contribution in [0.5, 0.6) is 0 Å². The first-order valence-corrected chi connectivity index (χ1v) is 6.89. The van der Waals surface area contributed by atoms with Gasteiger partial charge in [-0.3, -0.25) is 4.79 Å². The Kier molecular flexibility index (Phi) is 4.88. The maximum absolute atomic E-state index is 13.7. The highest BCUT2D eigenvalue weighted by atomic mass is 35.5. The van der Waals surface area contributed by atoms with E-state index in [2.05, 4.69) is 10.6 Å². The van der Waals surface area contributed by atoms with Crippen LogP contribution < -0.4 is 10.6 Å². The van der Waals surface area contributed by atoms with Gasteiger partial charge in [-0.2, -0.15) is 0 Å². The van der Waals surface area contributed by atoms with E-state index in [-0.39, 0.29) is 21.6 Å². The van der Waals surface area contributed by atoms with Crippen LogP contribution in [0.15, 0.2) is 42.5 Å². The van der Waals surface area contributed by atoms with Gasteiger partial charge in [0, 0.05) is 11.3 Å². The Morgan fingerprint density at radius 1 is 1.19 bits per heavy atom. The van der Waals surface area contributed by atoms with Crippen LogP contribution in [0.2, 0.25) is 5.02 Å². The van der Waals surface area contributed by atoms with Crippen LogP contribution in [0.3, 0.4) is 0 Å². The number of carbonyl (C=O) groups excluding carboxylic acids is 1. The van der Waals surface area contributed by atoms with E-state index in [0.29, 0.717) is 11.3 Å². The number of hydrogen-bond donors (Lipinski definition) is 2. The van der Waals surface area contributed by atoms with Gasteiger partial charge in [-0.25, -0.2) is 4.39 Å². The molecule has 0 amide bonds. The normalized spacial score (nSPS) is 10.0. The third kappa shape index (κ3) is 4.00. The summed E-state index contributed by atoms with van der Waals surface area (Å²) < 4.78 is 13.7.